The van der Waals surface area contributed by atoms with Crippen molar-refractivity contribution in [3.63, 3.8) is 0 Å². The minimum atomic E-state index is -2.80. The van der Waals surface area contributed by atoms with E-state index in [2.05, 4.69) is 4.98 Å². The van der Waals surface area contributed by atoms with Crippen molar-refractivity contribution in [2.45, 2.75) is 46.6 Å². The lowest BCUT2D eigenvalue weighted by atomic mass is 9.94. The van der Waals surface area contributed by atoms with E-state index in [1.807, 2.05) is 20.8 Å². The molecule has 0 spiro atoms. The first kappa shape index (κ1) is 23.4. The van der Waals surface area contributed by atoms with Gasteiger partial charge < -0.3 is 18.0 Å². The summed E-state index contributed by atoms with van der Waals surface area (Å²) in [6, 6.07) is 3.75. The summed E-state index contributed by atoms with van der Waals surface area (Å²) in [6.07, 6.45) is 3.98. The maximum absolute atomic E-state index is 12.8. The fourth-order valence-electron chi connectivity index (χ4n) is 2.84. The van der Waals surface area contributed by atoms with Crippen LogP contribution in [0.3, 0.4) is 0 Å². The Morgan fingerprint density at radius 1 is 0.963 bits per heavy atom. The van der Waals surface area contributed by atoms with Gasteiger partial charge in [-0.3, -0.25) is 14.6 Å². The van der Waals surface area contributed by atoms with Crippen LogP contribution in [-0.4, -0.2) is 52.0 Å². The summed E-state index contributed by atoms with van der Waals surface area (Å²) in [7, 11) is -2.80. The summed E-state index contributed by atoms with van der Waals surface area (Å²) in [4.78, 5) is 29.0. The molecule has 0 radical (unpaired) electrons. The molecule has 0 aliphatic rings. The number of aromatic nitrogens is 1. The highest BCUT2D eigenvalue weighted by atomic mass is 28.4. The van der Waals surface area contributed by atoms with Crippen LogP contribution in [0.1, 0.15) is 50.9 Å². The van der Waals surface area contributed by atoms with Crippen molar-refractivity contribution in [1.29, 1.82) is 0 Å². The second kappa shape index (κ2) is 12.7. The van der Waals surface area contributed by atoms with Crippen molar-refractivity contribution < 1.29 is 27.6 Å². The molecule has 1 atom stereocenters. The minimum absolute atomic E-state index is 0.231. The van der Waals surface area contributed by atoms with E-state index in [0.29, 0.717) is 44.3 Å². The largest absolute Gasteiger partial charge is 0.500 e. The van der Waals surface area contributed by atoms with E-state index in [9.17, 15) is 9.59 Å². The van der Waals surface area contributed by atoms with Gasteiger partial charge in [-0.05, 0) is 52.7 Å². The Morgan fingerprint density at radius 2 is 1.52 bits per heavy atom. The molecule has 0 bridgehead atoms. The summed E-state index contributed by atoms with van der Waals surface area (Å²) in [5.74, 6) is -1.62. The van der Waals surface area contributed by atoms with Crippen LogP contribution in [0, 0.1) is 5.92 Å². The molecule has 1 unspecified atom stereocenters. The van der Waals surface area contributed by atoms with E-state index in [1.54, 1.807) is 19.1 Å². The lowest BCUT2D eigenvalue weighted by Gasteiger charge is -2.28. The molecule has 0 amide bonds. The maximum atomic E-state index is 12.8. The Kier molecular flexibility index (Phi) is 11.0. The van der Waals surface area contributed by atoms with Crippen LogP contribution in [0.4, 0.5) is 0 Å². The summed E-state index contributed by atoms with van der Waals surface area (Å²) < 4.78 is 22.6. The highest BCUT2D eigenvalue weighted by molar-refractivity contribution is 6.60. The zero-order chi connectivity index (χ0) is 20.1. The normalized spacial score (nSPS) is 12.6. The Morgan fingerprint density at radius 3 is 2.00 bits per heavy atom. The smallest absolute Gasteiger partial charge is 0.465 e. The first-order valence-electron chi connectivity index (χ1n) is 9.56. The molecule has 0 saturated carbocycles. The third-order valence-corrected chi connectivity index (χ3v) is 7.07. The van der Waals surface area contributed by atoms with Gasteiger partial charge in [0.2, 0.25) is 0 Å². The zero-order valence-corrected chi connectivity index (χ0v) is 17.7. The van der Waals surface area contributed by atoms with Crippen LogP contribution in [0.15, 0.2) is 24.5 Å². The summed E-state index contributed by atoms with van der Waals surface area (Å²) in [5, 5.41) is 0. The van der Waals surface area contributed by atoms with Crippen LogP contribution in [-0.2, 0) is 22.8 Å². The molecule has 1 heterocycles. The number of esters is 1. The second-order valence-corrected chi connectivity index (χ2v) is 8.51. The molecule has 8 heteroatoms. The van der Waals surface area contributed by atoms with Crippen LogP contribution >= 0.6 is 0 Å². The summed E-state index contributed by atoms with van der Waals surface area (Å²) >= 11 is 0. The first-order valence-corrected chi connectivity index (χ1v) is 11.5. The van der Waals surface area contributed by atoms with Crippen LogP contribution in [0.2, 0.25) is 6.04 Å². The molecule has 0 fully saturated rings. The molecule has 1 aromatic heterocycles. The van der Waals surface area contributed by atoms with Crippen molar-refractivity contribution in [2.24, 2.45) is 5.92 Å². The molecule has 1 aromatic rings. The Balaban J connectivity index is 2.85. The van der Waals surface area contributed by atoms with Gasteiger partial charge in [0.15, 0.2) is 5.78 Å². The molecule has 0 aliphatic heterocycles. The second-order valence-electron chi connectivity index (χ2n) is 5.78. The molecule has 152 valence electrons. The number of ether oxygens (including phenoxy) is 1. The molecule has 7 nitrogen and oxygen atoms in total. The molecular weight excluding hydrogens is 366 g/mol. The lowest BCUT2D eigenvalue weighted by molar-refractivity contribution is -0.146. The fourth-order valence-corrected chi connectivity index (χ4v) is 5.48. The molecule has 0 N–H and O–H groups in total. The van der Waals surface area contributed by atoms with E-state index in [1.165, 1.54) is 12.4 Å². The topological polar surface area (TPSA) is 84.0 Å². The number of hydrogen-bond acceptors (Lipinski definition) is 7. The highest BCUT2D eigenvalue weighted by Gasteiger charge is 2.40. The minimum Gasteiger partial charge on any atom is -0.465 e. The van der Waals surface area contributed by atoms with Crippen LogP contribution in [0.5, 0.6) is 0 Å². The number of rotatable bonds is 14. The highest BCUT2D eigenvalue weighted by Crippen LogP contribution is 2.23. The number of pyridine rings is 1. The summed E-state index contributed by atoms with van der Waals surface area (Å²) in [5.41, 5.74) is 0.450. The molecule has 0 aromatic carbocycles. The molecule has 0 aliphatic carbocycles. The Labute approximate surface area is 162 Å². The van der Waals surface area contributed by atoms with Crippen molar-refractivity contribution >= 4 is 20.6 Å². The van der Waals surface area contributed by atoms with Crippen molar-refractivity contribution in [3.05, 3.63) is 30.1 Å². The predicted molar refractivity (Wildman–Crippen MR) is 103 cm³/mol. The van der Waals surface area contributed by atoms with E-state index in [-0.39, 0.29) is 12.4 Å². The monoisotopic (exact) mass is 397 g/mol. The van der Waals surface area contributed by atoms with Gasteiger partial charge >= 0.3 is 14.8 Å². The van der Waals surface area contributed by atoms with Crippen molar-refractivity contribution in [3.8, 4) is 0 Å². The van der Waals surface area contributed by atoms with E-state index in [4.69, 9.17) is 18.0 Å². The number of carbonyl (C=O) groups is 2. The molecule has 1 rings (SSSR count). The Bertz CT molecular complexity index is 552. The van der Waals surface area contributed by atoms with Gasteiger partial charge in [0.1, 0.15) is 5.92 Å². The van der Waals surface area contributed by atoms with Gasteiger partial charge in [-0.15, -0.1) is 0 Å². The predicted octanol–water partition coefficient (Wildman–Crippen LogP) is 3.27. The van der Waals surface area contributed by atoms with Gasteiger partial charge in [0.25, 0.3) is 0 Å². The standard InChI is InChI=1S/C19H31NO6Si/c1-5-23-19(22)17(18(21)16-11-13-20-14-12-16)10-9-15-27(24-6-2,25-7-3)26-8-4/h11-14,17H,5-10,15H2,1-4H3. The summed E-state index contributed by atoms with van der Waals surface area (Å²) in [6.45, 7) is 9.12. The van der Waals surface area contributed by atoms with Crippen molar-refractivity contribution in [1.82, 2.24) is 4.98 Å². The third kappa shape index (κ3) is 7.49. The van der Waals surface area contributed by atoms with Crippen LogP contribution in [0.25, 0.3) is 0 Å². The van der Waals surface area contributed by atoms with E-state index >= 15 is 0 Å². The molecular formula is C19H31NO6Si. The SMILES string of the molecule is CCOC(=O)C(CCC[Si](OCC)(OCC)OCC)C(=O)c1ccncc1. The number of carbonyl (C=O) groups excluding carboxylic acids is 2. The quantitative estimate of drug-likeness (QED) is 0.206. The lowest BCUT2D eigenvalue weighted by Crippen LogP contribution is -2.46. The number of ketones is 1. The average Bonchev–Trinajstić information content (AvgIpc) is 2.66. The molecule has 0 saturated heterocycles. The van der Waals surface area contributed by atoms with E-state index < -0.39 is 20.7 Å². The van der Waals surface area contributed by atoms with Gasteiger partial charge in [0.05, 0.1) is 6.61 Å². The third-order valence-electron chi connectivity index (χ3n) is 3.92. The zero-order valence-electron chi connectivity index (χ0n) is 16.7. The van der Waals surface area contributed by atoms with Gasteiger partial charge in [-0.1, -0.05) is 0 Å². The van der Waals surface area contributed by atoms with E-state index in [0.717, 1.165) is 0 Å². The van der Waals surface area contributed by atoms with Gasteiger partial charge in [-0.2, -0.15) is 0 Å². The van der Waals surface area contributed by atoms with Gasteiger partial charge in [0, 0.05) is 43.8 Å². The number of Topliss-reactive ketones (excluding diaryl/α,β-unsaturated/α-hetero) is 1. The number of hydrogen-bond donors (Lipinski definition) is 0. The first-order chi connectivity index (χ1) is 13.0. The fraction of sp³-hybridized carbons (Fsp3) is 0.632. The molecule has 27 heavy (non-hydrogen) atoms. The maximum Gasteiger partial charge on any atom is 0.500 e. The van der Waals surface area contributed by atoms with Crippen LogP contribution < -0.4 is 0 Å². The average molecular weight is 398 g/mol. The van der Waals surface area contributed by atoms with Crippen molar-refractivity contribution in [2.75, 3.05) is 26.4 Å². The number of nitrogens with zero attached hydrogens (tertiary/aromatic N) is 1. The Hall–Kier alpha value is -1.61. The van der Waals surface area contributed by atoms with Gasteiger partial charge in [-0.25, -0.2) is 0 Å².